The van der Waals surface area contributed by atoms with Gasteiger partial charge in [-0.25, -0.2) is 4.98 Å². The number of amides is 1. The molecule has 5 nitrogen and oxygen atoms in total. The van der Waals surface area contributed by atoms with E-state index in [1.54, 1.807) is 19.1 Å². The van der Waals surface area contributed by atoms with Gasteiger partial charge in [-0.05, 0) is 12.5 Å². The summed E-state index contributed by atoms with van der Waals surface area (Å²) in [7, 11) is 3.33. The fraction of sp³-hybridized carbons (Fsp3) is 0.455. The van der Waals surface area contributed by atoms with Gasteiger partial charge in [-0.2, -0.15) is 0 Å². The third kappa shape index (κ3) is 3.87. The molecule has 0 aromatic carbocycles. The van der Waals surface area contributed by atoms with Gasteiger partial charge in [0.2, 0.25) is 0 Å². The number of hydrogen-bond acceptors (Lipinski definition) is 4. The molecule has 0 spiro atoms. The minimum absolute atomic E-state index is 0.169. The highest BCUT2D eigenvalue weighted by Gasteiger charge is 2.15. The van der Waals surface area contributed by atoms with Gasteiger partial charge in [-0.15, -0.1) is 0 Å². The molecule has 0 bridgehead atoms. The molecule has 6 heteroatoms. The summed E-state index contributed by atoms with van der Waals surface area (Å²) in [6.07, 6.45) is 2.19. The highest BCUT2D eigenvalue weighted by Crippen LogP contribution is 2.17. The van der Waals surface area contributed by atoms with E-state index in [1.807, 2.05) is 0 Å². The van der Waals surface area contributed by atoms with Gasteiger partial charge >= 0.3 is 0 Å². The summed E-state index contributed by atoms with van der Waals surface area (Å²) in [4.78, 5) is 17.4. The normalized spacial score (nSPS) is 10.3. The van der Waals surface area contributed by atoms with E-state index in [0.29, 0.717) is 24.4 Å². The number of nitrogen functional groups attached to an aromatic ring is 1. The highest BCUT2D eigenvalue weighted by atomic mass is 35.5. The Hall–Kier alpha value is -1.33. The van der Waals surface area contributed by atoms with Crippen LogP contribution >= 0.6 is 11.6 Å². The summed E-state index contributed by atoms with van der Waals surface area (Å²) in [5.41, 5.74) is 6.32. The van der Waals surface area contributed by atoms with Crippen molar-refractivity contribution in [3.05, 3.63) is 23.0 Å². The van der Waals surface area contributed by atoms with E-state index in [2.05, 4.69) is 4.98 Å². The quantitative estimate of drug-likeness (QED) is 0.640. The highest BCUT2D eigenvalue weighted by molar-refractivity contribution is 6.32. The zero-order valence-electron chi connectivity index (χ0n) is 9.94. The van der Waals surface area contributed by atoms with Crippen LogP contribution in [-0.2, 0) is 4.74 Å². The fourth-order valence-corrected chi connectivity index (χ4v) is 1.55. The Morgan fingerprint density at radius 1 is 1.65 bits per heavy atom. The average Bonchev–Trinajstić information content (AvgIpc) is 2.31. The van der Waals surface area contributed by atoms with E-state index < -0.39 is 0 Å². The number of carbonyl (C=O) groups is 1. The maximum atomic E-state index is 12.0. The Labute approximate surface area is 106 Å². The lowest BCUT2D eigenvalue weighted by Gasteiger charge is -2.17. The number of halogens is 1. The zero-order valence-corrected chi connectivity index (χ0v) is 10.7. The van der Waals surface area contributed by atoms with Crippen molar-refractivity contribution in [3.63, 3.8) is 0 Å². The molecule has 0 aliphatic carbocycles. The molecule has 0 fully saturated rings. The molecule has 0 aliphatic heterocycles. The number of pyridine rings is 1. The largest absolute Gasteiger partial charge is 0.397 e. The molecule has 17 heavy (non-hydrogen) atoms. The first-order chi connectivity index (χ1) is 8.06. The fourth-order valence-electron chi connectivity index (χ4n) is 1.37. The molecule has 2 N–H and O–H groups in total. The Balaban J connectivity index is 2.71. The van der Waals surface area contributed by atoms with Crippen LogP contribution < -0.4 is 5.73 Å². The third-order valence-electron chi connectivity index (χ3n) is 2.28. The molecule has 1 rings (SSSR count). The average molecular weight is 258 g/mol. The lowest BCUT2D eigenvalue weighted by Crippen LogP contribution is -2.28. The van der Waals surface area contributed by atoms with E-state index in [0.717, 1.165) is 6.42 Å². The van der Waals surface area contributed by atoms with Crippen LogP contribution in [0.25, 0.3) is 0 Å². The first-order valence-electron chi connectivity index (χ1n) is 5.21. The number of ether oxygens (including phenoxy) is 1. The molecular weight excluding hydrogens is 242 g/mol. The van der Waals surface area contributed by atoms with Gasteiger partial charge in [0, 0.05) is 27.3 Å². The second-order valence-electron chi connectivity index (χ2n) is 3.68. The van der Waals surface area contributed by atoms with Crippen molar-refractivity contribution >= 4 is 23.2 Å². The first kappa shape index (κ1) is 13.7. The van der Waals surface area contributed by atoms with E-state index in [1.165, 1.54) is 12.3 Å². The van der Waals surface area contributed by atoms with Crippen LogP contribution in [0.3, 0.4) is 0 Å². The van der Waals surface area contributed by atoms with Gasteiger partial charge in [0.15, 0.2) is 0 Å². The van der Waals surface area contributed by atoms with Crippen LogP contribution in [0.5, 0.6) is 0 Å². The van der Waals surface area contributed by atoms with Gasteiger partial charge in [-0.1, -0.05) is 11.6 Å². The minimum Gasteiger partial charge on any atom is -0.397 e. The molecule has 1 amide bonds. The summed E-state index contributed by atoms with van der Waals surface area (Å²) < 4.78 is 4.92. The lowest BCUT2D eigenvalue weighted by atomic mass is 10.2. The lowest BCUT2D eigenvalue weighted by molar-refractivity contribution is 0.0779. The molecular formula is C11H16ClN3O2. The maximum absolute atomic E-state index is 12.0. The van der Waals surface area contributed by atoms with E-state index >= 15 is 0 Å². The van der Waals surface area contributed by atoms with Crippen LogP contribution in [0.15, 0.2) is 12.3 Å². The Morgan fingerprint density at radius 3 is 3.00 bits per heavy atom. The Morgan fingerprint density at radius 2 is 2.35 bits per heavy atom. The van der Waals surface area contributed by atoms with Gasteiger partial charge in [0.1, 0.15) is 5.15 Å². The van der Waals surface area contributed by atoms with Crippen LogP contribution in [0.4, 0.5) is 5.69 Å². The zero-order chi connectivity index (χ0) is 12.8. The van der Waals surface area contributed by atoms with Crippen molar-refractivity contribution in [1.82, 2.24) is 9.88 Å². The van der Waals surface area contributed by atoms with Crippen molar-refractivity contribution in [3.8, 4) is 0 Å². The molecule has 0 unspecified atom stereocenters. The third-order valence-corrected chi connectivity index (χ3v) is 2.58. The Kier molecular flexibility index (Phi) is 5.18. The number of carbonyl (C=O) groups excluding carboxylic acids is 1. The van der Waals surface area contributed by atoms with Gasteiger partial charge in [-0.3, -0.25) is 4.79 Å². The smallest absolute Gasteiger partial charge is 0.256 e. The summed E-state index contributed by atoms with van der Waals surface area (Å²) in [6.45, 7) is 1.21. The number of nitrogens with zero attached hydrogens (tertiary/aromatic N) is 2. The number of aromatic nitrogens is 1. The van der Waals surface area contributed by atoms with Gasteiger partial charge in [0.05, 0.1) is 17.4 Å². The Bertz CT molecular complexity index is 398. The predicted molar refractivity (Wildman–Crippen MR) is 67.1 cm³/mol. The standard InChI is InChI=1S/C11H16ClN3O2/c1-15(4-3-5-17-2)11(16)9-6-8(13)7-14-10(9)12/h6-7H,3-5,13H2,1-2H3. The number of nitrogens with two attached hydrogens (primary N) is 1. The topological polar surface area (TPSA) is 68.5 Å². The molecule has 1 heterocycles. The molecule has 0 radical (unpaired) electrons. The molecule has 0 saturated heterocycles. The summed E-state index contributed by atoms with van der Waals surface area (Å²) >= 11 is 5.86. The van der Waals surface area contributed by atoms with Crippen molar-refractivity contribution in [1.29, 1.82) is 0 Å². The molecule has 0 aliphatic rings. The van der Waals surface area contributed by atoms with Gasteiger partial charge in [0.25, 0.3) is 5.91 Å². The first-order valence-corrected chi connectivity index (χ1v) is 5.59. The van der Waals surface area contributed by atoms with E-state index in [-0.39, 0.29) is 11.1 Å². The van der Waals surface area contributed by atoms with Crippen molar-refractivity contribution in [2.24, 2.45) is 0 Å². The SMILES string of the molecule is COCCCN(C)C(=O)c1cc(N)cnc1Cl. The van der Waals surface area contributed by atoms with Crippen molar-refractivity contribution in [2.75, 3.05) is 33.0 Å². The number of methoxy groups -OCH3 is 1. The molecule has 94 valence electrons. The predicted octanol–water partition coefficient (Wildman–Crippen LogP) is 1.43. The number of rotatable bonds is 5. The monoisotopic (exact) mass is 257 g/mol. The van der Waals surface area contributed by atoms with Crippen LogP contribution in [0, 0.1) is 0 Å². The number of hydrogen-bond donors (Lipinski definition) is 1. The van der Waals surface area contributed by atoms with E-state index in [4.69, 9.17) is 22.1 Å². The van der Waals surface area contributed by atoms with Crippen molar-refractivity contribution < 1.29 is 9.53 Å². The second-order valence-corrected chi connectivity index (χ2v) is 4.04. The molecule has 1 aromatic heterocycles. The maximum Gasteiger partial charge on any atom is 0.256 e. The minimum atomic E-state index is -0.189. The molecule has 0 atom stereocenters. The number of anilines is 1. The second kappa shape index (κ2) is 6.42. The van der Waals surface area contributed by atoms with Crippen LogP contribution in [-0.4, -0.2) is 43.1 Å². The van der Waals surface area contributed by atoms with Gasteiger partial charge < -0.3 is 15.4 Å². The van der Waals surface area contributed by atoms with Crippen molar-refractivity contribution in [2.45, 2.75) is 6.42 Å². The molecule has 1 aromatic rings. The van der Waals surface area contributed by atoms with Crippen LogP contribution in [0.1, 0.15) is 16.8 Å². The van der Waals surface area contributed by atoms with Crippen LogP contribution in [0.2, 0.25) is 5.15 Å². The summed E-state index contributed by atoms with van der Waals surface area (Å²) in [5, 5.41) is 0.169. The summed E-state index contributed by atoms with van der Waals surface area (Å²) in [5.74, 6) is -0.189. The van der Waals surface area contributed by atoms with E-state index in [9.17, 15) is 4.79 Å². The summed E-state index contributed by atoms with van der Waals surface area (Å²) in [6, 6.07) is 1.53. The molecule has 0 saturated carbocycles.